The minimum atomic E-state index is 0.438. The van der Waals surface area contributed by atoms with E-state index in [0.717, 1.165) is 28.4 Å². The van der Waals surface area contributed by atoms with Crippen molar-refractivity contribution in [3.63, 3.8) is 0 Å². The van der Waals surface area contributed by atoms with E-state index < -0.39 is 0 Å². The van der Waals surface area contributed by atoms with E-state index >= 15 is 0 Å². The number of allylic oxidation sites excluding steroid dienone is 2. The second kappa shape index (κ2) is 6.32. The van der Waals surface area contributed by atoms with E-state index in [1.165, 1.54) is 0 Å². The van der Waals surface area contributed by atoms with Crippen molar-refractivity contribution in [1.82, 2.24) is 4.98 Å². The number of rotatable bonds is 3. The molecule has 1 rings (SSSR count). The van der Waals surface area contributed by atoms with E-state index in [0.29, 0.717) is 11.2 Å². The molecule has 0 aliphatic heterocycles. The molecular weight excluding hydrogens is 235 g/mol. The first-order valence-corrected chi connectivity index (χ1v) is 6.06. The fourth-order valence-corrected chi connectivity index (χ4v) is 1.81. The van der Waals surface area contributed by atoms with Gasteiger partial charge in [0.05, 0.1) is 5.84 Å². The molecule has 0 aliphatic carbocycles. The standard InChI is InChI=1S/C14H19BN4/c1-8-6-12(13(9(2)15)10(3)16)7-18-14(8)19-11(4)17-5/h6-7,16H,1-5H3,(H,17,18,19)/b13-9+,16-10?. The number of amidine groups is 1. The lowest BCUT2D eigenvalue weighted by molar-refractivity contribution is 1.24. The summed E-state index contributed by atoms with van der Waals surface area (Å²) in [5.41, 5.74) is 3.65. The first-order valence-electron chi connectivity index (χ1n) is 6.06. The van der Waals surface area contributed by atoms with Crippen molar-refractivity contribution >= 4 is 30.8 Å². The Hall–Kier alpha value is -1.91. The zero-order chi connectivity index (χ0) is 14.6. The van der Waals surface area contributed by atoms with Gasteiger partial charge in [-0.05, 0) is 38.0 Å². The number of nitrogens with one attached hydrogen (secondary N) is 2. The van der Waals surface area contributed by atoms with Crippen LogP contribution in [-0.2, 0) is 0 Å². The Morgan fingerprint density at radius 3 is 2.42 bits per heavy atom. The Morgan fingerprint density at radius 1 is 1.37 bits per heavy atom. The lowest BCUT2D eigenvalue weighted by atomic mass is 9.86. The predicted molar refractivity (Wildman–Crippen MR) is 83.4 cm³/mol. The zero-order valence-electron chi connectivity index (χ0n) is 12.1. The van der Waals surface area contributed by atoms with Gasteiger partial charge in [-0.1, -0.05) is 6.92 Å². The molecule has 0 saturated carbocycles. The molecule has 1 aromatic heterocycles. The molecule has 5 heteroatoms. The molecular formula is C14H19BN4. The first-order chi connectivity index (χ1) is 8.86. The van der Waals surface area contributed by atoms with Crippen LogP contribution >= 0.6 is 0 Å². The first kappa shape index (κ1) is 15.2. The van der Waals surface area contributed by atoms with Crippen LogP contribution < -0.4 is 5.32 Å². The number of anilines is 1. The van der Waals surface area contributed by atoms with Gasteiger partial charge in [0, 0.05) is 24.5 Å². The van der Waals surface area contributed by atoms with E-state index in [9.17, 15) is 0 Å². The maximum atomic E-state index is 7.79. The third-order valence-corrected chi connectivity index (χ3v) is 2.77. The van der Waals surface area contributed by atoms with E-state index in [4.69, 9.17) is 13.3 Å². The van der Waals surface area contributed by atoms with Gasteiger partial charge >= 0.3 is 0 Å². The highest BCUT2D eigenvalue weighted by Crippen LogP contribution is 2.22. The van der Waals surface area contributed by atoms with Crippen molar-refractivity contribution in [3.05, 3.63) is 28.9 Å². The maximum absolute atomic E-state index is 7.79. The van der Waals surface area contributed by atoms with E-state index in [2.05, 4.69) is 15.3 Å². The molecule has 4 nitrogen and oxygen atoms in total. The van der Waals surface area contributed by atoms with E-state index in [1.807, 2.05) is 19.9 Å². The highest BCUT2D eigenvalue weighted by molar-refractivity contribution is 6.35. The average molecular weight is 254 g/mol. The Labute approximate surface area is 116 Å². The summed E-state index contributed by atoms with van der Waals surface area (Å²) in [7, 11) is 7.56. The van der Waals surface area contributed by atoms with Crippen LogP contribution in [-0.4, -0.2) is 31.4 Å². The van der Waals surface area contributed by atoms with Gasteiger partial charge in [0.1, 0.15) is 13.7 Å². The molecule has 0 spiro atoms. The van der Waals surface area contributed by atoms with E-state index in [1.54, 1.807) is 27.1 Å². The summed E-state index contributed by atoms with van der Waals surface area (Å²) >= 11 is 0. The number of aryl methyl sites for hydroxylation is 1. The number of aromatic nitrogens is 1. The van der Waals surface area contributed by atoms with Crippen molar-refractivity contribution in [2.45, 2.75) is 27.7 Å². The Morgan fingerprint density at radius 2 is 2.00 bits per heavy atom. The molecule has 2 N–H and O–H groups in total. The topological polar surface area (TPSA) is 61.1 Å². The summed E-state index contributed by atoms with van der Waals surface area (Å²) in [6.45, 7) is 7.36. The molecule has 0 unspecified atom stereocenters. The molecule has 0 aromatic carbocycles. The molecule has 98 valence electrons. The van der Waals surface area contributed by atoms with Crippen LogP contribution in [0.1, 0.15) is 31.9 Å². The number of nitrogens with zero attached hydrogens (tertiary/aromatic N) is 2. The Bertz CT molecular complexity index is 555. The van der Waals surface area contributed by atoms with Gasteiger partial charge in [-0.15, -0.1) is 5.47 Å². The number of hydrogen-bond donors (Lipinski definition) is 2. The van der Waals surface area contributed by atoms with Crippen LogP contribution in [0.15, 0.2) is 22.7 Å². The highest BCUT2D eigenvalue weighted by Gasteiger charge is 2.09. The fraction of sp³-hybridized carbons (Fsp3) is 0.357. The summed E-state index contributed by atoms with van der Waals surface area (Å²) in [5, 5.41) is 10.9. The minimum absolute atomic E-state index is 0.438. The molecule has 0 amide bonds. The molecule has 0 fully saturated rings. The number of hydrogen-bond acceptors (Lipinski definition) is 3. The van der Waals surface area contributed by atoms with Gasteiger partial charge in [-0.3, -0.25) is 4.99 Å². The van der Waals surface area contributed by atoms with Crippen LogP contribution in [0.25, 0.3) is 5.57 Å². The summed E-state index contributed by atoms with van der Waals surface area (Å²) < 4.78 is 0. The molecule has 0 aliphatic rings. The van der Waals surface area contributed by atoms with Crippen molar-refractivity contribution in [2.75, 3.05) is 12.4 Å². The smallest absolute Gasteiger partial charge is 0.134 e. The minimum Gasteiger partial charge on any atom is -0.329 e. The van der Waals surface area contributed by atoms with Gasteiger partial charge < -0.3 is 10.7 Å². The number of aliphatic imine (C=N–C) groups is 1. The van der Waals surface area contributed by atoms with Gasteiger partial charge in [0.2, 0.25) is 0 Å². The molecule has 0 saturated heterocycles. The third-order valence-electron chi connectivity index (χ3n) is 2.77. The Balaban J connectivity index is 3.20. The Kier molecular flexibility index (Phi) is 5.04. The molecule has 1 heterocycles. The zero-order valence-corrected chi connectivity index (χ0v) is 12.1. The lowest BCUT2D eigenvalue weighted by Crippen LogP contribution is -2.10. The largest absolute Gasteiger partial charge is 0.329 e. The SMILES string of the molecule is [B]/C(C)=C(\C(C)=N)c1cnc(NC(C)=NC)c(C)c1. The van der Waals surface area contributed by atoms with Crippen LogP contribution in [0.4, 0.5) is 5.82 Å². The molecule has 2 radical (unpaired) electrons. The third kappa shape index (κ3) is 3.78. The highest BCUT2D eigenvalue weighted by atomic mass is 15.0. The van der Waals surface area contributed by atoms with Crippen LogP contribution in [0.2, 0.25) is 0 Å². The van der Waals surface area contributed by atoms with Crippen molar-refractivity contribution in [2.24, 2.45) is 4.99 Å². The summed E-state index contributed by atoms with van der Waals surface area (Å²) in [6, 6.07) is 1.97. The maximum Gasteiger partial charge on any atom is 0.134 e. The summed E-state index contributed by atoms with van der Waals surface area (Å²) in [6.07, 6.45) is 1.72. The predicted octanol–water partition coefficient (Wildman–Crippen LogP) is 2.79. The lowest BCUT2D eigenvalue weighted by Gasteiger charge is -2.13. The fourth-order valence-electron chi connectivity index (χ4n) is 1.81. The second-order valence-electron chi connectivity index (χ2n) is 4.51. The number of pyridine rings is 1. The van der Waals surface area contributed by atoms with E-state index in [-0.39, 0.29) is 0 Å². The van der Waals surface area contributed by atoms with Crippen LogP contribution in [0.5, 0.6) is 0 Å². The van der Waals surface area contributed by atoms with Crippen molar-refractivity contribution in [1.29, 1.82) is 5.41 Å². The van der Waals surface area contributed by atoms with Gasteiger partial charge in [-0.2, -0.15) is 0 Å². The monoisotopic (exact) mass is 254 g/mol. The van der Waals surface area contributed by atoms with Gasteiger partial charge in [0.25, 0.3) is 0 Å². The summed E-state index contributed by atoms with van der Waals surface area (Å²) in [4.78, 5) is 8.41. The second-order valence-corrected chi connectivity index (χ2v) is 4.51. The van der Waals surface area contributed by atoms with Crippen molar-refractivity contribution in [3.8, 4) is 0 Å². The van der Waals surface area contributed by atoms with Gasteiger partial charge in [0.15, 0.2) is 0 Å². The summed E-state index contributed by atoms with van der Waals surface area (Å²) in [5.74, 6) is 1.57. The molecule has 0 bridgehead atoms. The van der Waals surface area contributed by atoms with Crippen LogP contribution in [0, 0.1) is 12.3 Å². The normalized spacial score (nSPS) is 13.0. The molecule has 19 heavy (non-hydrogen) atoms. The van der Waals surface area contributed by atoms with Crippen LogP contribution in [0.3, 0.4) is 0 Å². The molecule has 1 aromatic rings. The van der Waals surface area contributed by atoms with Gasteiger partial charge in [-0.25, -0.2) is 4.98 Å². The quantitative estimate of drug-likeness (QED) is 0.495. The molecule has 0 atom stereocenters. The average Bonchev–Trinajstić information content (AvgIpc) is 2.31. The van der Waals surface area contributed by atoms with Crippen molar-refractivity contribution < 1.29 is 0 Å².